The van der Waals surface area contributed by atoms with Gasteiger partial charge in [0.2, 0.25) is 0 Å². The number of aryl methyl sites for hydroxylation is 1. The van der Waals surface area contributed by atoms with Gasteiger partial charge in [0.1, 0.15) is 0 Å². The molecule has 2 nitrogen and oxygen atoms in total. The van der Waals surface area contributed by atoms with Crippen LogP contribution in [-0.2, 0) is 0 Å². The van der Waals surface area contributed by atoms with Crippen molar-refractivity contribution in [1.29, 1.82) is 5.26 Å². The van der Waals surface area contributed by atoms with E-state index in [0.29, 0.717) is 12.0 Å². The molecule has 0 aliphatic carbocycles. The van der Waals surface area contributed by atoms with E-state index in [4.69, 9.17) is 0 Å². The number of hydrogen-bond donors (Lipinski definition) is 0. The summed E-state index contributed by atoms with van der Waals surface area (Å²) in [6, 6.07) is 9.13. The van der Waals surface area contributed by atoms with Crippen LogP contribution in [0.4, 0.5) is 0 Å². The Balaban J connectivity index is 2.18. The van der Waals surface area contributed by atoms with E-state index in [-0.39, 0.29) is 0 Å². The zero-order valence-electron chi connectivity index (χ0n) is 10.2. The largest absolute Gasteiger partial charge is 0.300 e. The highest BCUT2D eigenvalue weighted by molar-refractivity contribution is 5.46. The molecule has 16 heavy (non-hydrogen) atoms. The van der Waals surface area contributed by atoms with E-state index in [1.54, 1.807) is 0 Å². The maximum Gasteiger partial charge on any atom is 0.0997 e. The number of likely N-dealkylation sites (tertiary alicyclic amines) is 1. The predicted octanol–water partition coefficient (Wildman–Crippen LogP) is 2.67. The average molecular weight is 214 g/mol. The summed E-state index contributed by atoms with van der Waals surface area (Å²) in [6.07, 6.45) is 0. The topological polar surface area (TPSA) is 27.0 Å². The van der Waals surface area contributed by atoms with Crippen molar-refractivity contribution in [3.8, 4) is 6.07 Å². The lowest BCUT2D eigenvalue weighted by Crippen LogP contribution is -2.48. The molecule has 0 bridgehead atoms. The van der Waals surface area contributed by atoms with Gasteiger partial charge in [0.05, 0.1) is 11.6 Å². The van der Waals surface area contributed by atoms with Crippen molar-refractivity contribution in [2.45, 2.75) is 32.7 Å². The van der Waals surface area contributed by atoms with Crippen molar-refractivity contribution in [1.82, 2.24) is 4.90 Å². The van der Waals surface area contributed by atoms with Crippen LogP contribution in [-0.4, -0.2) is 24.0 Å². The molecule has 1 saturated heterocycles. The molecule has 1 aliphatic heterocycles. The Labute approximate surface area is 97.5 Å². The summed E-state index contributed by atoms with van der Waals surface area (Å²) in [4.78, 5) is 2.44. The molecule has 1 aromatic carbocycles. The lowest BCUT2D eigenvalue weighted by atomic mass is 9.86. The number of hydrogen-bond acceptors (Lipinski definition) is 2. The van der Waals surface area contributed by atoms with Gasteiger partial charge >= 0.3 is 0 Å². The highest BCUT2D eigenvalue weighted by atomic mass is 15.2. The second-order valence-electron chi connectivity index (χ2n) is 4.90. The minimum absolute atomic E-state index is 0.553. The summed E-state index contributed by atoms with van der Waals surface area (Å²) in [6.45, 7) is 8.64. The van der Waals surface area contributed by atoms with Crippen molar-refractivity contribution in [3.63, 3.8) is 0 Å². The molecular weight excluding hydrogens is 196 g/mol. The summed E-state index contributed by atoms with van der Waals surface area (Å²) < 4.78 is 0. The first kappa shape index (κ1) is 11.2. The molecule has 0 aromatic heterocycles. The molecule has 0 atom stereocenters. The standard InChI is InChI=1S/C14H18N2/c1-10(2)16-8-12(9-16)13-6-4-5-11(3)14(13)7-15/h4-6,10,12H,8-9H2,1-3H3. The highest BCUT2D eigenvalue weighted by Crippen LogP contribution is 2.31. The van der Waals surface area contributed by atoms with Crippen LogP contribution >= 0.6 is 0 Å². The van der Waals surface area contributed by atoms with Crippen LogP contribution in [0.3, 0.4) is 0 Å². The third-order valence-electron chi connectivity index (χ3n) is 3.50. The second-order valence-corrected chi connectivity index (χ2v) is 4.90. The lowest BCUT2D eigenvalue weighted by molar-refractivity contribution is 0.110. The van der Waals surface area contributed by atoms with Crippen LogP contribution in [0.2, 0.25) is 0 Å². The summed E-state index contributed by atoms with van der Waals surface area (Å²) in [5.41, 5.74) is 3.22. The van der Waals surface area contributed by atoms with Gasteiger partial charge in [0, 0.05) is 25.0 Å². The quantitative estimate of drug-likeness (QED) is 0.756. The van der Waals surface area contributed by atoms with Crippen molar-refractivity contribution in [2.75, 3.05) is 13.1 Å². The minimum atomic E-state index is 0.553. The number of nitrogens with zero attached hydrogens (tertiary/aromatic N) is 2. The van der Waals surface area contributed by atoms with Gasteiger partial charge in [-0.3, -0.25) is 4.90 Å². The van der Waals surface area contributed by atoms with Crippen molar-refractivity contribution in [3.05, 3.63) is 34.9 Å². The maximum atomic E-state index is 9.18. The summed E-state index contributed by atoms with van der Waals surface area (Å²) in [5, 5.41) is 9.18. The maximum absolute atomic E-state index is 9.18. The van der Waals surface area contributed by atoms with Crippen molar-refractivity contribution >= 4 is 0 Å². The van der Waals surface area contributed by atoms with Gasteiger partial charge in [-0.15, -0.1) is 0 Å². The average Bonchev–Trinajstić information content (AvgIpc) is 2.15. The van der Waals surface area contributed by atoms with Crippen LogP contribution in [0.5, 0.6) is 0 Å². The van der Waals surface area contributed by atoms with Gasteiger partial charge in [0.25, 0.3) is 0 Å². The SMILES string of the molecule is Cc1cccc(C2CN(C(C)C)C2)c1C#N. The fourth-order valence-corrected chi connectivity index (χ4v) is 2.31. The molecule has 2 heteroatoms. The molecule has 84 valence electrons. The Morgan fingerprint density at radius 3 is 2.62 bits per heavy atom. The summed E-state index contributed by atoms with van der Waals surface area (Å²) >= 11 is 0. The fourth-order valence-electron chi connectivity index (χ4n) is 2.31. The van der Waals surface area contributed by atoms with Gasteiger partial charge in [-0.25, -0.2) is 0 Å². The zero-order valence-corrected chi connectivity index (χ0v) is 10.2. The van der Waals surface area contributed by atoms with E-state index < -0.39 is 0 Å². The monoisotopic (exact) mass is 214 g/mol. The number of nitriles is 1. The molecule has 2 rings (SSSR count). The van der Waals surface area contributed by atoms with Crippen LogP contribution in [0.15, 0.2) is 18.2 Å². The minimum Gasteiger partial charge on any atom is -0.300 e. The van der Waals surface area contributed by atoms with Crippen LogP contribution in [0, 0.1) is 18.3 Å². The summed E-state index contributed by atoms with van der Waals surface area (Å²) in [5.74, 6) is 0.553. The second kappa shape index (κ2) is 4.27. The van der Waals surface area contributed by atoms with Crippen molar-refractivity contribution in [2.24, 2.45) is 0 Å². The molecule has 1 heterocycles. The van der Waals surface area contributed by atoms with Crippen LogP contribution in [0.1, 0.15) is 36.5 Å². The Kier molecular flexibility index (Phi) is 2.98. The molecule has 0 unspecified atom stereocenters. The molecule has 1 aromatic rings. The number of rotatable bonds is 2. The molecule has 0 N–H and O–H groups in total. The highest BCUT2D eigenvalue weighted by Gasteiger charge is 2.31. The van der Waals surface area contributed by atoms with E-state index in [2.05, 4.69) is 36.9 Å². The molecule has 0 spiro atoms. The van der Waals surface area contributed by atoms with E-state index in [1.807, 2.05) is 13.0 Å². The summed E-state index contributed by atoms with van der Waals surface area (Å²) in [7, 11) is 0. The van der Waals surface area contributed by atoms with E-state index in [9.17, 15) is 5.26 Å². The van der Waals surface area contributed by atoms with E-state index in [0.717, 1.165) is 24.2 Å². The van der Waals surface area contributed by atoms with E-state index >= 15 is 0 Å². The van der Waals surface area contributed by atoms with Crippen LogP contribution < -0.4 is 0 Å². The molecule has 0 radical (unpaired) electrons. The third-order valence-corrected chi connectivity index (χ3v) is 3.50. The van der Waals surface area contributed by atoms with Gasteiger partial charge < -0.3 is 0 Å². The smallest absolute Gasteiger partial charge is 0.0997 e. The first-order valence-corrected chi connectivity index (χ1v) is 5.87. The van der Waals surface area contributed by atoms with Crippen molar-refractivity contribution < 1.29 is 0 Å². The lowest BCUT2D eigenvalue weighted by Gasteiger charge is -2.42. The Morgan fingerprint density at radius 1 is 1.38 bits per heavy atom. The first-order chi connectivity index (χ1) is 7.63. The molecule has 0 amide bonds. The van der Waals surface area contributed by atoms with Gasteiger partial charge in [-0.2, -0.15) is 5.26 Å². The van der Waals surface area contributed by atoms with Crippen LogP contribution in [0.25, 0.3) is 0 Å². The van der Waals surface area contributed by atoms with Gasteiger partial charge in [-0.1, -0.05) is 18.2 Å². The Bertz CT molecular complexity index is 423. The fraction of sp³-hybridized carbons (Fsp3) is 0.500. The Morgan fingerprint density at radius 2 is 2.06 bits per heavy atom. The third kappa shape index (κ3) is 1.83. The first-order valence-electron chi connectivity index (χ1n) is 5.87. The normalized spacial score (nSPS) is 17.2. The van der Waals surface area contributed by atoms with Gasteiger partial charge in [0.15, 0.2) is 0 Å². The van der Waals surface area contributed by atoms with Gasteiger partial charge in [-0.05, 0) is 31.9 Å². The molecule has 0 saturated carbocycles. The molecule has 1 fully saturated rings. The molecular formula is C14H18N2. The molecule has 1 aliphatic rings. The zero-order chi connectivity index (χ0) is 11.7. The van der Waals surface area contributed by atoms with E-state index in [1.165, 1.54) is 5.56 Å². The predicted molar refractivity (Wildman–Crippen MR) is 65.3 cm³/mol. The Hall–Kier alpha value is -1.33. The number of benzene rings is 1.